The summed E-state index contributed by atoms with van der Waals surface area (Å²) in [5.74, 6) is 0.274. The van der Waals surface area contributed by atoms with Crippen LogP contribution in [0.15, 0.2) is 30.3 Å². The number of rotatable bonds is 3. The number of hydrogen-bond donors (Lipinski definition) is 2. The summed E-state index contributed by atoms with van der Waals surface area (Å²) >= 11 is 0. The molecular weight excluding hydrogens is 290 g/mol. The van der Waals surface area contributed by atoms with Crippen molar-refractivity contribution >= 4 is 17.5 Å². The molecule has 2 atom stereocenters. The Hall–Kier alpha value is -2.04. The monoisotopic (exact) mass is 315 g/mol. The fourth-order valence-corrected chi connectivity index (χ4v) is 3.45. The smallest absolute Gasteiger partial charge is 0.225 e. The third kappa shape index (κ3) is 4.24. The van der Waals surface area contributed by atoms with Crippen molar-refractivity contribution in [3.05, 3.63) is 30.3 Å². The standard InChI is InChI=1S/C18H25N3O2/c22-17-9-8-15(10-11-19-17)20-18(23)14-5-4-12-21(13-14)16-6-2-1-3-7-16/h1-3,6-7,14-15H,4-5,8-13H2,(H,19,22)(H,20,23)/t14-,15?/m0/s1. The molecule has 5 heteroatoms. The molecule has 2 aliphatic rings. The van der Waals surface area contributed by atoms with Gasteiger partial charge >= 0.3 is 0 Å². The lowest BCUT2D eigenvalue weighted by Gasteiger charge is -2.34. The molecule has 1 aromatic rings. The predicted molar refractivity (Wildman–Crippen MR) is 90.2 cm³/mol. The van der Waals surface area contributed by atoms with E-state index in [1.165, 1.54) is 5.69 Å². The van der Waals surface area contributed by atoms with Crippen LogP contribution in [-0.2, 0) is 9.59 Å². The number of carbonyl (C=O) groups is 2. The summed E-state index contributed by atoms with van der Waals surface area (Å²) < 4.78 is 0. The first kappa shape index (κ1) is 15.8. The molecule has 0 radical (unpaired) electrons. The van der Waals surface area contributed by atoms with Gasteiger partial charge in [0.2, 0.25) is 11.8 Å². The summed E-state index contributed by atoms with van der Waals surface area (Å²) in [5.41, 5.74) is 1.19. The fourth-order valence-electron chi connectivity index (χ4n) is 3.45. The maximum atomic E-state index is 12.6. The van der Waals surface area contributed by atoms with Crippen molar-refractivity contribution in [1.29, 1.82) is 0 Å². The second kappa shape index (κ2) is 7.49. The lowest BCUT2D eigenvalue weighted by molar-refractivity contribution is -0.126. The molecule has 2 saturated heterocycles. The predicted octanol–water partition coefficient (Wildman–Crippen LogP) is 1.69. The molecule has 0 saturated carbocycles. The first-order valence-corrected chi connectivity index (χ1v) is 8.59. The molecule has 124 valence electrons. The summed E-state index contributed by atoms with van der Waals surface area (Å²) in [6.07, 6.45) is 4.06. The third-order valence-electron chi connectivity index (χ3n) is 4.79. The molecule has 2 heterocycles. The Balaban J connectivity index is 1.55. The second-order valence-corrected chi connectivity index (χ2v) is 6.50. The highest BCUT2D eigenvalue weighted by Gasteiger charge is 2.28. The van der Waals surface area contributed by atoms with Gasteiger partial charge in [-0.15, -0.1) is 0 Å². The number of amides is 2. The van der Waals surface area contributed by atoms with Crippen LogP contribution < -0.4 is 15.5 Å². The van der Waals surface area contributed by atoms with Gasteiger partial charge in [0, 0.05) is 37.8 Å². The molecule has 0 aromatic heterocycles. The van der Waals surface area contributed by atoms with Crippen molar-refractivity contribution in [3.8, 4) is 0 Å². The van der Waals surface area contributed by atoms with Crippen LogP contribution >= 0.6 is 0 Å². The summed E-state index contributed by atoms with van der Waals surface area (Å²) in [6.45, 7) is 2.44. The van der Waals surface area contributed by atoms with E-state index < -0.39 is 0 Å². The lowest BCUT2D eigenvalue weighted by Crippen LogP contribution is -2.46. The van der Waals surface area contributed by atoms with E-state index >= 15 is 0 Å². The number of hydrogen-bond acceptors (Lipinski definition) is 3. The first-order valence-electron chi connectivity index (χ1n) is 8.59. The Morgan fingerprint density at radius 1 is 1.17 bits per heavy atom. The van der Waals surface area contributed by atoms with Gasteiger partial charge in [-0.25, -0.2) is 0 Å². The average Bonchev–Trinajstić information content (AvgIpc) is 2.80. The lowest BCUT2D eigenvalue weighted by atomic mass is 9.95. The highest BCUT2D eigenvalue weighted by Crippen LogP contribution is 2.23. The zero-order valence-corrected chi connectivity index (χ0v) is 13.5. The number of anilines is 1. The normalized spacial score (nSPS) is 25.4. The number of nitrogens with one attached hydrogen (secondary N) is 2. The number of nitrogens with zero attached hydrogens (tertiary/aromatic N) is 1. The Bertz CT molecular complexity index is 546. The Morgan fingerprint density at radius 2 is 2.00 bits per heavy atom. The van der Waals surface area contributed by atoms with Gasteiger partial charge < -0.3 is 15.5 Å². The molecule has 3 rings (SSSR count). The van der Waals surface area contributed by atoms with Crippen LogP contribution in [0.5, 0.6) is 0 Å². The van der Waals surface area contributed by atoms with E-state index in [0.717, 1.165) is 38.8 Å². The van der Waals surface area contributed by atoms with E-state index in [1.54, 1.807) is 0 Å². The molecule has 2 fully saturated rings. The molecule has 2 aliphatic heterocycles. The van der Waals surface area contributed by atoms with Crippen LogP contribution in [0.2, 0.25) is 0 Å². The van der Waals surface area contributed by atoms with E-state index in [4.69, 9.17) is 0 Å². The second-order valence-electron chi connectivity index (χ2n) is 6.50. The highest BCUT2D eigenvalue weighted by atomic mass is 16.2. The number of para-hydroxylation sites is 1. The van der Waals surface area contributed by atoms with Gasteiger partial charge in [-0.1, -0.05) is 18.2 Å². The minimum Gasteiger partial charge on any atom is -0.371 e. The molecule has 1 unspecified atom stereocenters. The molecule has 0 spiro atoms. The van der Waals surface area contributed by atoms with E-state index in [9.17, 15) is 9.59 Å². The molecule has 2 amide bonds. The van der Waals surface area contributed by atoms with Crippen LogP contribution in [0, 0.1) is 5.92 Å². The quantitative estimate of drug-likeness (QED) is 0.892. The van der Waals surface area contributed by atoms with Crippen molar-refractivity contribution < 1.29 is 9.59 Å². The van der Waals surface area contributed by atoms with E-state index in [1.807, 2.05) is 18.2 Å². The van der Waals surface area contributed by atoms with Crippen LogP contribution in [0.25, 0.3) is 0 Å². The summed E-state index contributed by atoms with van der Waals surface area (Å²) in [7, 11) is 0. The van der Waals surface area contributed by atoms with Crippen molar-refractivity contribution in [2.24, 2.45) is 5.92 Å². The largest absolute Gasteiger partial charge is 0.371 e. The van der Waals surface area contributed by atoms with Gasteiger partial charge in [-0.05, 0) is 37.8 Å². The molecule has 0 bridgehead atoms. The van der Waals surface area contributed by atoms with Crippen molar-refractivity contribution in [3.63, 3.8) is 0 Å². The van der Waals surface area contributed by atoms with Gasteiger partial charge in [0.05, 0.1) is 5.92 Å². The Labute approximate surface area is 137 Å². The Kier molecular flexibility index (Phi) is 5.16. The van der Waals surface area contributed by atoms with Crippen molar-refractivity contribution in [1.82, 2.24) is 10.6 Å². The van der Waals surface area contributed by atoms with Gasteiger partial charge in [0.15, 0.2) is 0 Å². The van der Waals surface area contributed by atoms with Crippen LogP contribution in [0.3, 0.4) is 0 Å². The van der Waals surface area contributed by atoms with Crippen molar-refractivity contribution in [2.75, 3.05) is 24.5 Å². The van der Waals surface area contributed by atoms with E-state index in [-0.39, 0.29) is 23.8 Å². The van der Waals surface area contributed by atoms with Crippen LogP contribution in [-0.4, -0.2) is 37.5 Å². The minimum absolute atomic E-state index is 0.0378. The zero-order valence-electron chi connectivity index (χ0n) is 13.5. The fraction of sp³-hybridized carbons (Fsp3) is 0.556. The first-order chi connectivity index (χ1) is 11.2. The maximum absolute atomic E-state index is 12.6. The van der Waals surface area contributed by atoms with Crippen molar-refractivity contribution in [2.45, 2.75) is 38.1 Å². The minimum atomic E-state index is 0.0378. The van der Waals surface area contributed by atoms with Gasteiger partial charge in [0.1, 0.15) is 0 Å². The summed E-state index contributed by atoms with van der Waals surface area (Å²) in [5, 5.41) is 6.02. The van der Waals surface area contributed by atoms with Gasteiger partial charge in [0.25, 0.3) is 0 Å². The topological polar surface area (TPSA) is 61.4 Å². The Morgan fingerprint density at radius 3 is 2.83 bits per heavy atom. The molecule has 1 aromatic carbocycles. The number of piperidine rings is 1. The molecule has 23 heavy (non-hydrogen) atoms. The zero-order chi connectivity index (χ0) is 16.1. The van der Waals surface area contributed by atoms with Crippen LogP contribution in [0.4, 0.5) is 5.69 Å². The molecule has 2 N–H and O–H groups in total. The average molecular weight is 315 g/mol. The van der Waals surface area contributed by atoms with Gasteiger partial charge in [-0.2, -0.15) is 0 Å². The summed E-state index contributed by atoms with van der Waals surface area (Å²) in [6, 6.07) is 10.4. The molecular formula is C18H25N3O2. The maximum Gasteiger partial charge on any atom is 0.225 e. The van der Waals surface area contributed by atoms with E-state index in [0.29, 0.717) is 13.0 Å². The molecule has 0 aliphatic carbocycles. The van der Waals surface area contributed by atoms with E-state index in [2.05, 4.69) is 27.7 Å². The van der Waals surface area contributed by atoms with Gasteiger partial charge in [-0.3, -0.25) is 9.59 Å². The third-order valence-corrected chi connectivity index (χ3v) is 4.79. The van der Waals surface area contributed by atoms with Crippen LogP contribution in [0.1, 0.15) is 32.1 Å². The number of benzene rings is 1. The summed E-state index contributed by atoms with van der Waals surface area (Å²) in [4.78, 5) is 26.3. The highest BCUT2D eigenvalue weighted by molar-refractivity contribution is 5.80. The number of carbonyl (C=O) groups excluding carboxylic acids is 2. The molecule has 5 nitrogen and oxygen atoms in total. The SMILES string of the molecule is O=C1CCC(NC(=O)[C@H]2CCCN(c3ccccc3)C2)CCN1.